The topological polar surface area (TPSA) is 55.6 Å². The molecule has 0 aromatic heterocycles. The maximum Gasteiger partial charge on any atom is 0.309 e. The Morgan fingerprint density at radius 1 is 1.30 bits per heavy atom. The van der Waals surface area contributed by atoms with Crippen LogP contribution in [0.15, 0.2) is 30.3 Å². The molecule has 2 N–H and O–H groups in total. The third-order valence-corrected chi connectivity index (χ3v) is 3.75. The summed E-state index contributed by atoms with van der Waals surface area (Å²) in [5.74, 6) is -0.315. The third kappa shape index (κ3) is 4.94. The van der Waals surface area contributed by atoms with Crippen molar-refractivity contribution in [3.63, 3.8) is 0 Å². The molecule has 0 aliphatic heterocycles. The summed E-state index contributed by atoms with van der Waals surface area (Å²) in [6, 6.07) is 10.4. The van der Waals surface area contributed by atoms with Gasteiger partial charge in [0.2, 0.25) is 0 Å². The van der Waals surface area contributed by atoms with Crippen molar-refractivity contribution in [2.75, 3.05) is 20.2 Å². The molecule has 0 fully saturated rings. The van der Waals surface area contributed by atoms with Gasteiger partial charge in [0.05, 0.1) is 13.0 Å². The van der Waals surface area contributed by atoms with E-state index in [4.69, 9.17) is 10.5 Å². The second kappa shape index (κ2) is 8.72. The summed E-state index contributed by atoms with van der Waals surface area (Å²) in [4.78, 5) is 14.0. The highest BCUT2D eigenvalue weighted by atomic mass is 16.5. The van der Waals surface area contributed by atoms with Crippen molar-refractivity contribution in [1.82, 2.24) is 4.90 Å². The number of benzene rings is 1. The van der Waals surface area contributed by atoms with Gasteiger partial charge in [-0.15, -0.1) is 0 Å². The molecule has 0 aliphatic rings. The van der Waals surface area contributed by atoms with E-state index in [1.807, 2.05) is 25.1 Å². The minimum absolute atomic E-state index is 0.120. The predicted octanol–water partition coefficient (Wildman–Crippen LogP) is 2.03. The average molecular weight is 278 g/mol. The Morgan fingerprint density at radius 2 is 1.95 bits per heavy atom. The predicted molar refractivity (Wildman–Crippen MR) is 81.2 cm³/mol. The quantitative estimate of drug-likeness (QED) is 0.739. The minimum atomic E-state index is -0.164. The Bertz CT molecular complexity index is 395. The molecule has 2 unspecified atom stereocenters. The number of methoxy groups -OCH3 is 1. The molecular formula is C16H26N2O2. The molecule has 0 aliphatic carbocycles. The van der Waals surface area contributed by atoms with Crippen LogP contribution in [0, 0.1) is 5.92 Å². The average Bonchev–Trinajstić information content (AvgIpc) is 2.50. The van der Waals surface area contributed by atoms with E-state index in [1.54, 1.807) is 0 Å². The molecule has 0 bridgehead atoms. The summed E-state index contributed by atoms with van der Waals surface area (Å²) in [6.07, 6.45) is 0.922. The first kappa shape index (κ1) is 16.7. The standard InChI is InChI=1S/C16H26N2O2/c1-13(16(19)20-3)14(2)18(11-7-10-17)12-15-8-5-4-6-9-15/h4-6,8-9,13-14H,7,10-12,17H2,1-3H3. The number of hydrogen-bond acceptors (Lipinski definition) is 4. The van der Waals surface area contributed by atoms with E-state index in [9.17, 15) is 4.79 Å². The lowest BCUT2D eigenvalue weighted by atomic mass is 10.0. The van der Waals surface area contributed by atoms with Gasteiger partial charge in [-0.2, -0.15) is 0 Å². The van der Waals surface area contributed by atoms with Gasteiger partial charge in [-0.1, -0.05) is 37.3 Å². The van der Waals surface area contributed by atoms with Crippen molar-refractivity contribution < 1.29 is 9.53 Å². The molecule has 112 valence electrons. The number of nitrogens with two attached hydrogens (primary N) is 1. The lowest BCUT2D eigenvalue weighted by molar-refractivity contribution is -0.147. The number of ether oxygens (including phenoxy) is 1. The smallest absolute Gasteiger partial charge is 0.309 e. The van der Waals surface area contributed by atoms with Crippen LogP contribution in [0.4, 0.5) is 0 Å². The third-order valence-electron chi connectivity index (χ3n) is 3.75. The van der Waals surface area contributed by atoms with Gasteiger partial charge in [-0.05, 0) is 32.0 Å². The van der Waals surface area contributed by atoms with E-state index in [-0.39, 0.29) is 17.9 Å². The zero-order chi connectivity index (χ0) is 15.0. The van der Waals surface area contributed by atoms with E-state index >= 15 is 0 Å². The number of carbonyl (C=O) groups excluding carboxylic acids is 1. The SMILES string of the molecule is COC(=O)C(C)C(C)N(CCCN)Cc1ccccc1. The van der Waals surface area contributed by atoms with Crippen LogP contribution < -0.4 is 5.73 Å². The summed E-state index contributed by atoms with van der Waals surface area (Å²) < 4.78 is 4.85. The van der Waals surface area contributed by atoms with Gasteiger partial charge >= 0.3 is 5.97 Å². The molecule has 1 aromatic carbocycles. The molecule has 0 saturated carbocycles. The molecule has 0 saturated heterocycles. The van der Waals surface area contributed by atoms with Crippen LogP contribution in [0.3, 0.4) is 0 Å². The summed E-state index contributed by atoms with van der Waals surface area (Å²) in [6.45, 7) is 6.35. The van der Waals surface area contributed by atoms with Crippen LogP contribution >= 0.6 is 0 Å². The summed E-state index contributed by atoms with van der Waals surface area (Å²) in [5.41, 5.74) is 6.86. The normalized spacial score (nSPS) is 14.1. The number of rotatable bonds is 8. The van der Waals surface area contributed by atoms with E-state index in [2.05, 4.69) is 24.0 Å². The van der Waals surface area contributed by atoms with Crippen LogP contribution in [0.5, 0.6) is 0 Å². The summed E-state index contributed by atoms with van der Waals surface area (Å²) in [7, 11) is 1.44. The highest BCUT2D eigenvalue weighted by Gasteiger charge is 2.26. The molecule has 1 rings (SSSR count). The van der Waals surface area contributed by atoms with E-state index in [1.165, 1.54) is 12.7 Å². The first-order valence-corrected chi connectivity index (χ1v) is 7.16. The lowest BCUT2D eigenvalue weighted by Crippen LogP contribution is -2.41. The molecule has 0 radical (unpaired) electrons. The Morgan fingerprint density at radius 3 is 2.50 bits per heavy atom. The van der Waals surface area contributed by atoms with Gasteiger partial charge < -0.3 is 10.5 Å². The van der Waals surface area contributed by atoms with E-state index in [0.29, 0.717) is 6.54 Å². The summed E-state index contributed by atoms with van der Waals surface area (Å²) in [5, 5.41) is 0. The van der Waals surface area contributed by atoms with Crippen molar-refractivity contribution in [1.29, 1.82) is 0 Å². The van der Waals surface area contributed by atoms with Crippen molar-refractivity contribution in [3.8, 4) is 0 Å². The number of hydrogen-bond donors (Lipinski definition) is 1. The van der Waals surface area contributed by atoms with Crippen molar-refractivity contribution >= 4 is 5.97 Å². The van der Waals surface area contributed by atoms with Crippen molar-refractivity contribution in [3.05, 3.63) is 35.9 Å². The van der Waals surface area contributed by atoms with E-state index in [0.717, 1.165) is 19.5 Å². The fourth-order valence-corrected chi connectivity index (χ4v) is 2.24. The lowest BCUT2D eigenvalue weighted by Gasteiger charge is -2.32. The largest absolute Gasteiger partial charge is 0.469 e. The Balaban J connectivity index is 2.74. The molecule has 0 amide bonds. The van der Waals surface area contributed by atoms with Gasteiger partial charge in [0.15, 0.2) is 0 Å². The van der Waals surface area contributed by atoms with Gasteiger partial charge in [0.25, 0.3) is 0 Å². The first-order valence-electron chi connectivity index (χ1n) is 7.16. The fraction of sp³-hybridized carbons (Fsp3) is 0.562. The van der Waals surface area contributed by atoms with Gasteiger partial charge in [-0.25, -0.2) is 0 Å². The van der Waals surface area contributed by atoms with Gasteiger partial charge in [0.1, 0.15) is 0 Å². The molecule has 0 heterocycles. The monoisotopic (exact) mass is 278 g/mol. The molecule has 20 heavy (non-hydrogen) atoms. The zero-order valence-electron chi connectivity index (χ0n) is 12.7. The zero-order valence-corrected chi connectivity index (χ0v) is 12.7. The maximum absolute atomic E-state index is 11.7. The van der Waals surface area contributed by atoms with Crippen LogP contribution in [-0.2, 0) is 16.1 Å². The summed E-state index contributed by atoms with van der Waals surface area (Å²) >= 11 is 0. The minimum Gasteiger partial charge on any atom is -0.469 e. The second-order valence-corrected chi connectivity index (χ2v) is 5.15. The van der Waals surface area contributed by atoms with Gasteiger partial charge in [0, 0.05) is 12.6 Å². The van der Waals surface area contributed by atoms with Gasteiger partial charge in [-0.3, -0.25) is 9.69 Å². The highest BCUT2D eigenvalue weighted by molar-refractivity contribution is 5.72. The highest BCUT2D eigenvalue weighted by Crippen LogP contribution is 2.16. The Labute approximate surface area is 121 Å². The molecule has 0 spiro atoms. The van der Waals surface area contributed by atoms with Crippen LogP contribution in [0.1, 0.15) is 25.8 Å². The molecule has 2 atom stereocenters. The fourth-order valence-electron chi connectivity index (χ4n) is 2.24. The van der Waals surface area contributed by atoms with Crippen LogP contribution in [-0.4, -0.2) is 37.1 Å². The number of carbonyl (C=O) groups is 1. The van der Waals surface area contributed by atoms with Crippen LogP contribution in [0.2, 0.25) is 0 Å². The Kier molecular flexibility index (Phi) is 7.26. The Hall–Kier alpha value is -1.39. The van der Waals surface area contributed by atoms with Crippen LogP contribution in [0.25, 0.3) is 0 Å². The molecule has 1 aromatic rings. The van der Waals surface area contributed by atoms with E-state index < -0.39 is 0 Å². The molecule has 4 heteroatoms. The number of nitrogens with zero attached hydrogens (tertiary/aromatic N) is 1. The maximum atomic E-state index is 11.7. The van der Waals surface area contributed by atoms with Crippen molar-refractivity contribution in [2.24, 2.45) is 11.7 Å². The van der Waals surface area contributed by atoms with Crippen molar-refractivity contribution in [2.45, 2.75) is 32.9 Å². The molecule has 4 nitrogen and oxygen atoms in total. The first-order chi connectivity index (χ1) is 9.60. The second-order valence-electron chi connectivity index (χ2n) is 5.15. The molecular weight excluding hydrogens is 252 g/mol. The number of esters is 1.